The summed E-state index contributed by atoms with van der Waals surface area (Å²) in [4.78, 5) is 27.8. The molecule has 0 saturated carbocycles. The van der Waals surface area contributed by atoms with Crippen LogP contribution in [-0.4, -0.2) is 29.9 Å². The van der Waals surface area contributed by atoms with E-state index in [1.54, 1.807) is 0 Å². The van der Waals surface area contributed by atoms with Gasteiger partial charge >= 0.3 is 0 Å². The lowest BCUT2D eigenvalue weighted by molar-refractivity contribution is 0.603. The molecule has 660 valence electrons. The molecule has 0 N–H and O–H groups in total. The molecule has 0 aliphatic carbocycles. The monoisotopic (exact) mass is 1810 g/mol. The summed E-state index contributed by atoms with van der Waals surface area (Å²) < 4.78 is 11.5. The molecule has 0 spiro atoms. The zero-order chi connectivity index (χ0) is 93.7. The molecule has 0 saturated heterocycles. The Morgan fingerprint density at radius 1 is 0.162 bits per heavy atom. The number of hydrogen-bond acceptors (Lipinski definition) is 8. The van der Waals surface area contributed by atoms with Gasteiger partial charge in [-0.05, 0) is 300 Å². The van der Waals surface area contributed by atoms with Crippen LogP contribution in [-0.2, 0) is 0 Å². The standard InChI is InChI=1S/2C46H28N2.2C21H13NO/c1-2-9-32-23-33(16-14-29(32)7-1)35-19-21-42-43(26-35)40-20-18-34(38-25-36-17-15-31-11-6-22-47-45(31)46(36)48-28-38)24-37(40)27-44(42)41-13-5-10-30-8-3-4-12-39(30)41;1-2-5-31-22-32(9-7-29(31)4-1)36-17-19-43-39(25-36)14-15-40-26-37(18-20-44(40)43)34-10-11-35-24-38(13-12-33(35)23-34)42-27-41-16-8-30-6-3-21-47-45(30)46(41)48-28-42;1-2-6-15-14(5-1)11-12-18-16(15)7-3-8-17(18)19-9-4-10-20-21(19)23-13-22-20;1-2-6-17-14(5-1)9-10-15-13-16(11-12-18(15)17)21-22-19-7-3-4-8-20(19)23-21/h2*1-28H;2*1-13H. The second kappa shape index (κ2) is 34.7. The van der Waals surface area contributed by atoms with E-state index in [1.807, 2.05) is 73.3 Å². The Labute approximate surface area is 815 Å². The zero-order valence-corrected chi connectivity index (χ0v) is 76.8. The lowest BCUT2D eigenvalue weighted by atomic mass is 9.88. The molecule has 0 unspecified atom stereocenters. The fraction of sp³-hybridized carbons (Fsp3) is 0. The summed E-state index contributed by atoms with van der Waals surface area (Å²) in [6.45, 7) is 0. The Hall–Kier alpha value is -19.0. The predicted molar refractivity (Wildman–Crippen MR) is 596 cm³/mol. The van der Waals surface area contributed by atoms with Crippen LogP contribution in [0.1, 0.15) is 0 Å². The van der Waals surface area contributed by atoms with Gasteiger partial charge in [0.25, 0.3) is 0 Å². The second-order valence-corrected chi connectivity index (χ2v) is 36.8. The van der Waals surface area contributed by atoms with Crippen molar-refractivity contribution in [2.45, 2.75) is 0 Å². The Kier molecular flexibility index (Phi) is 20.1. The van der Waals surface area contributed by atoms with Crippen molar-refractivity contribution in [3.63, 3.8) is 0 Å². The Bertz CT molecular complexity index is 10400. The molecule has 0 amide bonds. The van der Waals surface area contributed by atoms with Crippen molar-refractivity contribution in [3.8, 4) is 89.3 Å². The molecule has 0 atom stereocenters. The average Bonchev–Trinajstić information content (AvgIpc) is 0.798. The van der Waals surface area contributed by atoms with Crippen LogP contribution in [0.25, 0.3) is 284 Å². The van der Waals surface area contributed by atoms with Gasteiger partial charge in [-0.25, -0.2) is 9.97 Å². The van der Waals surface area contributed by atoms with Crippen LogP contribution >= 0.6 is 0 Å². The molecule has 24 aromatic carbocycles. The summed E-state index contributed by atoms with van der Waals surface area (Å²) in [6, 6.07) is 167. The lowest BCUT2D eigenvalue weighted by Crippen LogP contribution is -1.90. The van der Waals surface area contributed by atoms with E-state index in [0.717, 1.165) is 99.2 Å². The number of rotatable bonds is 8. The number of oxazole rings is 2. The summed E-state index contributed by atoms with van der Waals surface area (Å²) in [5.41, 5.74) is 24.8. The van der Waals surface area contributed by atoms with Gasteiger partial charge in [0.15, 0.2) is 17.6 Å². The fourth-order valence-electron chi connectivity index (χ4n) is 21.3. The van der Waals surface area contributed by atoms with E-state index >= 15 is 0 Å². The third-order valence-electron chi connectivity index (χ3n) is 28.4. The smallest absolute Gasteiger partial charge is 0.227 e. The fourth-order valence-corrected chi connectivity index (χ4v) is 21.3. The molecule has 30 rings (SSSR count). The van der Waals surface area contributed by atoms with Crippen LogP contribution in [0.4, 0.5) is 0 Å². The van der Waals surface area contributed by atoms with E-state index in [2.05, 4.69) is 439 Å². The number of aromatic nitrogens is 6. The Morgan fingerprint density at radius 3 is 1.08 bits per heavy atom. The minimum absolute atomic E-state index is 0.668. The lowest BCUT2D eigenvalue weighted by Gasteiger charge is -2.16. The molecular weight excluding hydrogens is 1730 g/mol. The van der Waals surface area contributed by atoms with E-state index in [4.69, 9.17) is 18.8 Å². The minimum atomic E-state index is 0.668. The summed E-state index contributed by atoms with van der Waals surface area (Å²) in [5.74, 6) is 0.668. The molecule has 0 fully saturated rings. The van der Waals surface area contributed by atoms with Crippen molar-refractivity contribution < 1.29 is 8.83 Å². The molecule has 0 radical (unpaired) electrons. The number of para-hydroxylation sites is 3. The number of benzene rings is 24. The van der Waals surface area contributed by atoms with Gasteiger partial charge in [-0.1, -0.05) is 358 Å². The van der Waals surface area contributed by atoms with Crippen molar-refractivity contribution in [3.05, 3.63) is 498 Å². The minimum Gasteiger partial charge on any atom is -0.443 e. The van der Waals surface area contributed by atoms with Crippen LogP contribution in [0, 0.1) is 0 Å². The van der Waals surface area contributed by atoms with E-state index in [9.17, 15) is 0 Å². The van der Waals surface area contributed by atoms with Crippen molar-refractivity contribution in [1.82, 2.24) is 29.9 Å². The topological polar surface area (TPSA) is 104 Å². The first-order valence-corrected chi connectivity index (χ1v) is 48.1. The van der Waals surface area contributed by atoms with Gasteiger partial charge in [-0.15, -0.1) is 0 Å². The van der Waals surface area contributed by atoms with Crippen LogP contribution in [0.15, 0.2) is 507 Å². The molecule has 0 aliphatic heterocycles. The predicted octanol–water partition coefficient (Wildman–Crippen LogP) is 36.4. The maximum Gasteiger partial charge on any atom is 0.227 e. The highest BCUT2D eigenvalue weighted by atomic mass is 16.3. The molecule has 8 nitrogen and oxygen atoms in total. The average molecular weight is 1810 g/mol. The van der Waals surface area contributed by atoms with Crippen LogP contribution < -0.4 is 0 Å². The third-order valence-corrected chi connectivity index (χ3v) is 28.4. The Morgan fingerprint density at radius 2 is 0.493 bits per heavy atom. The SMILES string of the molecule is c1ccc2c(c1)ccc1c(-c3cccc4ncoc34)cccc12.c1ccc2c(c1)ccc1cc(-c3nc4ccccc4o3)ccc12.c1ccc2cc(-c3ccc4c(-c5cccc6ccccc56)cc5cc(-c6cnc7c(ccc8cccnc87)c6)ccc5c4c3)ccc2c1.c1ccc2cc(-c3ccc4c(ccc5cc(-c6ccc7cc(-c8cnc9c(ccc%10cccnc%109)c8)ccc7c6)ccc54)c3)ccc2c1. The third kappa shape index (κ3) is 15.0. The molecule has 6 heterocycles. The second-order valence-electron chi connectivity index (χ2n) is 36.8. The van der Waals surface area contributed by atoms with Gasteiger partial charge in [0.05, 0.1) is 22.1 Å². The van der Waals surface area contributed by atoms with E-state index in [1.165, 1.54) is 186 Å². The molecule has 8 heteroatoms. The van der Waals surface area contributed by atoms with Crippen LogP contribution in [0.3, 0.4) is 0 Å². The number of hydrogen-bond donors (Lipinski definition) is 0. The molecule has 142 heavy (non-hydrogen) atoms. The van der Waals surface area contributed by atoms with Crippen molar-refractivity contribution >= 4 is 195 Å². The largest absolute Gasteiger partial charge is 0.443 e. The maximum atomic E-state index is 5.88. The van der Waals surface area contributed by atoms with E-state index < -0.39 is 0 Å². The van der Waals surface area contributed by atoms with Gasteiger partial charge in [-0.3, -0.25) is 19.9 Å². The highest BCUT2D eigenvalue weighted by Crippen LogP contribution is 2.45. The normalized spacial score (nSPS) is 11.7. The first kappa shape index (κ1) is 82.4. The van der Waals surface area contributed by atoms with Crippen LogP contribution in [0.5, 0.6) is 0 Å². The summed E-state index contributed by atoms with van der Waals surface area (Å²) in [6.07, 6.45) is 9.13. The molecule has 30 aromatic rings. The van der Waals surface area contributed by atoms with E-state index in [-0.39, 0.29) is 0 Å². The van der Waals surface area contributed by atoms with Gasteiger partial charge in [0, 0.05) is 68.6 Å². The molecule has 0 bridgehead atoms. The van der Waals surface area contributed by atoms with Gasteiger partial charge in [0.1, 0.15) is 11.0 Å². The van der Waals surface area contributed by atoms with Crippen molar-refractivity contribution in [1.29, 1.82) is 0 Å². The highest BCUT2D eigenvalue weighted by molar-refractivity contribution is 6.20. The van der Waals surface area contributed by atoms with Crippen LogP contribution in [0.2, 0.25) is 0 Å². The summed E-state index contributed by atoms with van der Waals surface area (Å²) in [5, 5.41) is 34.4. The maximum absolute atomic E-state index is 5.88. The van der Waals surface area contributed by atoms with Gasteiger partial charge in [-0.2, -0.15) is 0 Å². The van der Waals surface area contributed by atoms with Gasteiger partial charge < -0.3 is 8.83 Å². The number of pyridine rings is 4. The molecular formula is C134H82N6O2. The first-order valence-electron chi connectivity index (χ1n) is 48.1. The van der Waals surface area contributed by atoms with Crippen molar-refractivity contribution in [2.75, 3.05) is 0 Å². The number of nitrogens with zero attached hydrogens (tertiary/aromatic N) is 6. The van der Waals surface area contributed by atoms with Crippen molar-refractivity contribution in [2.24, 2.45) is 0 Å². The van der Waals surface area contributed by atoms with E-state index in [0.29, 0.717) is 5.89 Å². The molecule has 6 aromatic heterocycles. The number of fused-ring (bicyclic) bond motifs is 24. The van der Waals surface area contributed by atoms with Gasteiger partial charge in [0.2, 0.25) is 5.89 Å². The summed E-state index contributed by atoms with van der Waals surface area (Å²) >= 11 is 0. The highest BCUT2D eigenvalue weighted by Gasteiger charge is 2.20. The first-order chi connectivity index (χ1) is 70.3. The summed E-state index contributed by atoms with van der Waals surface area (Å²) in [7, 11) is 0. The molecule has 0 aliphatic rings. The quantitative estimate of drug-likeness (QED) is 0.139. The zero-order valence-electron chi connectivity index (χ0n) is 76.8. The Balaban J connectivity index is 0.0000001000.